The van der Waals surface area contributed by atoms with E-state index in [1.807, 2.05) is 0 Å². The third kappa shape index (κ3) is 3.83. The summed E-state index contributed by atoms with van der Waals surface area (Å²) in [6.45, 7) is 0.801. The van der Waals surface area contributed by atoms with Gasteiger partial charge in [0.25, 0.3) is 0 Å². The first-order chi connectivity index (χ1) is 8.90. The molecule has 2 aromatic heterocycles. The highest BCUT2D eigenvalue weighted by Crippen LogP contribution is 2.07. The van der Waals surface area contributed by atoms with Crippen molar-refractivity contribution in [3.63, 3.8) is 0 Å². The maximum Gasteiger partial charge on any atom is 0.224 e. The summed E-state index contributed by atoms with van der Waals surface area (Å²) in [6.07, 6.45) is 9.59. The Balaban J connectivity index is 1.83. The normalized spacial score (nSPS) is 10.7. The average Bonchev–Trinajstić information content (AvgIpc) is 2.88. The SMILES string of the molecule is BrCCCCCCn1nnc(-c2cnccn2)n1. The molecule has 0 spiro atoms. The van der Waals surface area contributed by atoms with E-state index in [4.69, 9.17) is 0 Å². The Labute approximate surface area is 114 Å². The van der Waals surface area contributed by atoms with Gasteiger partial charge < -0.3 is 0 Å². The van der Waals surface area contributed by atoms with E-state index in [0.717, 1.165) is 18.3 Å². The Morgan fingerprint density at radius 3 is 2.78 bits per heavy atom. The number of halogens is 1. The molecule has 0 fully saturated rings. The molecule has 2 rings (SSSR count). The number of aryl methyl sites for hydroxylation is 1. The van der Waals surface area contributed by atoms with E-state index in [-0.39, 0.29) is 0 Å². The second-order valence-electron chi connectivity index (χ2n) is 3.90. The van der Waals surface area contributed by atoms with Crippen LogP contribution in [0.1, 0.15) is 25.7 Å². The van der Waals surface area contributed by atoms with Gasteiger partial charge in [-0.2, -0.15) is 4.80 Å². The van der Waals surface area contributed by atoms with Crippen molar-refractivity contribution in [2.24, 2.45) is 0 Å². The monoisotopic (exact) mass is 310 g/mol. The third-order valence-corrected chi connectivity index (χ3v) is 3.05. The number of unbranched alkanes of at least 4 members (excludes halogenated alkanes) is 3. The fraction of sp³-hybridized carbons (Fsp3) is 0.545. The quantitative estimate of drug-likeness (QED) is 0.578. The van der Waals surface area contributed by atoms with Crippen LogP contribution in [0, 0.1) is 0 Å². The van der Waals surface area contributed by atoms with E-state index in [1.165, 1.54) is 19.3 Å². The molecule has 0 bridgehead atoms. The second-order valence-corrected chi connectivity index (χ2v) is 4.70. The summed E-state index contributed by atoms with van der Waals surface area (Å²) in [7, 11) is 0. The summed E-state index contributed by atoms with van der Waals surface area (Å²) in [5.41, 5.74) is 0.656. The molecule has 6 nitrogen and oxygen atoms in total. The molecule has 0 aromatic carbocycles. The van der Waals surface area contributed by atoms with Gasteiger partial charge in [0.2, 0.25) is 5.82 Å². The van der Waals surface area contributed by atoms with Crippen LogP contribution in [0.3, 0.4) is 0 Å². The molecule has 0 aliphatic heterocycles. The molecular formula is C11H15BrN6. The van der Waals surface area contributed by atoms with Gasteiger partial charge in [-0.05, 0) is 18.1 Å². The number of hydrogen-bond donors (Lipinski definition) is 0. The van der Waals surface area contributed by atoms with Gasteiger partial charge in [0.05, 0.1) is 12.7 Å². The van der Waals surface area contributed by atoms with Gasteiger partial charge in [0.1, 0.15) is 5.69 Å². The molecule has 2 heterocycles. The van der Waals surface area contributed by atoms with Gasteiger partial charge in [-0.3, -0.25) is 4.98 Å². The fourth-order valence-corrected chi connectivity index (χ4v) is 1.95. The van der Waals surface area contributed by atoms with Crippen molar-refractivity contribution in [3.8, 4) is 11.5 Å². The minimum Gasteiger partial charge on any atom is -0.261 e. The largest absolute Gasteiger partial charge is 0.261 e. The molecule has 2 aromatic rings. The van der Waals surface area contributed by atoms with Crippen molar-refractivity contribution < 1.29 is 0 Å². The maximum absolute atomic E-state index is 4.28. The van der Waals surface area contributed by atoms with E-state index in [2.05, 4.69) is 41.3 Å². The van der Waals surface area contributed by atoms with Crippen LogP contribution in [0.2, 0.25) is 0 Å². The van der Waals surface area contributed by atoms with Crippen molar-refractivity contribution >= 4 is 15.9 Å². The first kappa shape index (κ1) is 13.1. The standard InChI is InChI=1S/C11H15BrN6/c12-5-3-1-2-4-8-18-16-11(15-17-18)10-9-13-6-7-14-10/h6-7,9H,1-5,8H2. The molecule has 0 aliphatic rings. The van der Waals surface area contributed by atoms with Gasteiger partial charge in [-0.15, -0.1) is 10.2 Å². The number of tetrazole rings is 1. The van der Waals surface area contributed by atoms with Crippen LogP contribution in [0.5, 0.6) is 0 Å². The predicted octanol–water partition coefficient (Wildman–Crippen LogP) is 2.09. The Hall–Kier alpha value is -1.37. The number of aromatic nitrogens is 6. The molecule has 96 valence electrons. The van der Waals surface area contributed by atoms with Crippen LogP contribution < -0.4 is 0 Å². The zero-order valence-corrected chi connectivity index (χ0v) is 11.6. The van der Waals surface area contributed by atoms with Crippen LogP contribution in [0.15, 0.2) is 18.6 Å². The highest BCUT2D eigenvalue weighted by molar-refractivity contribution is 9.09. The Morgan fingerprint density at radius 1 is 1.11 bits per heavy atom. The van der Waals surface area contributed by atoms with Gasteiger partial charge in [0.15, 0.2) is 0 Å². The number of nitrogens with zero attached hydrogens (tertiary/aromatic N) is 6. The topological polar surface area (TPSA) is 69.4 Å². The molecule has 0 saturated heterocycles. The van der Waals surface area contributed by atoms with Gasteiger partial charge in [-0.25, -0.2) is 4.98 Å². The molecule has 18 heavy (non-hydrogen) atoms. The van der Waals surface area contributed by atoms with Crippen LogP contribution in [0.25, 0.3) is 11.5 Å². The van der Waals surface area contributed by atoms with Crippen molar-refractivity contribution in [3.05, 3.63) is 18.6 Å². The highest BCUT2D eigenvalue weighted by atomic mass is 79.9. The highest BCUT2D eigenvalue weighted by Gasteiger charge is 2.06. The van der Waals surface area contributed by atoms with Crippen molar-refractivity contribution in [1.29, 1.82) is 0 Å². The summed E-state index contributed by atoms with van der Waals surface area (Å²) in [4.78, 5) is 9.74. The van der Waals surface area contributed by atoms with E-state index in [1.54, 1.807) is 23.4 Å². The lowest BCUT2D eigenvalue weighted by molar-refractivity contribution is 0.481. The Bertz CT molecular complexity index is 458. The number of alkyl halides is 1. The van der Waals surface area contributed by atoms with Crippen molar-refractivity contribution in [1.82, 2.24) is 30.2 Å². The lowest BCUT2D eigenvalue weighted by atomic mass is 10.2. The summed E-state index contributed by atoms with van der Waals surface area (Å²) in [6, 6.07) is 0. The average molecular weight is 311 g/mol. The zero-order valence-electron chi connectivity index (χ0n) is 10.0. The van der Waals surface area contributed by atoms with Gasteiger partial charge in [-0.1, -0.05) is 28.8 Å². The Kier molecular flexibility index (Phi) is 5.19. The molecular weight excluding hydrogens is 296 g/mol. The van der Waals surface area contributed by atoms with E-state index >= 15 is 0 Å². The minimum absolute atomic E-state index is 0.531. The van der Waals surface area contributed by atoms with Crippen LogP contribution in [-0.4, -0.2) is 35.5 Å². The predicted molar refractivity (Wildman–Crippen MR) is 71.1 cm³/mol. The first-order valence-corrected chi connectivity index (χ1v) is 7.12. The molecule has 0 unspecified atom stereocenters. The van der Waals surface area contributed by atoms with E-state index < -0.39 is 0 Å². The molecule has 0 radical (unpaired) electrons. The smallest absolute Gasteiger partial charge is 0.224 e. The number of hydrogen-bond acceptors (Lipinski definition) is 5. The summed E-state index contributed by atoms with van der Waals surface area (Å²) >= 11 is 3.42. The van der Waals surface area contributed by atoms with Crippen molar-refractivity contribution in [2.75, 3.05) is 5.33 Å². The molecule has 0 N–H and O–H groups in total. The molecule has 0 aliphatic carbocycles. The van der Waals surface area contributed by atoms with E-state index in [9.17, 15) is 0 Å². The van der Waals surface area contributed by atoms with Crippen LogP contribution in [0.4, 0.5) is 0 Å². The van der Waals surface area contributed by atoms with Gasteiger partial charge >= 0.3 is 0 Å². The fourth-order valence-electron chi connectivity index (χ4n) is 1.56. The maximum atomic E-state index is 4.28. The molecule has 0 atom stereocenters. The summed E-state index contributed by atoms with van der Waals surface area (Å²) in [5.74, 6) is 0.531. The number of rotatable bonds is 7. The lowest BCUT2D eigenvalue weighted by Gasteiger charge is -1.98. The first-order valence-electron chi connectivity index (χ1n) is 6.00. The minimum atomic E-state index is 0.531. The zero-order chi connectivity index (χ0) is 12.6. The van der Waals surface area contributed by atoms with Crippen LogP contribution >= 0.6 is 15.9 Å². The third-order valence-electron chi connectivity index (χ3n) is 2.49. The van der Waals surface area contributed by atoms with Crippen molar-refractivity contribution in [2.45, 2.75) is 32.2 Å². The summed E-state index contributed by atoms with van der Waals surface area (Å²) < 4.78 is 0. The summed E-state index contributed by atoms with van der Waals surface area (Å²) in [5, 5.41) is 13.3. The molecule has 0 amide bonds. The van der Waals surface area contributed by atoms with E-state index in [0.29, 0.717) is 11.5 Å². The van der Waals surface area contributed by atoms with Crippen LogP contribution in [-0.2, 0) is 6.54 Å². The Morgan fingerprint density at radius 2 is 2.00 bits per heavy atom. The molecule has 7 heteroatoms. The second kappa shape index (κ2) is 7.15. The molecule has 0 saturated carbocycles. The van der Waals surface area contributed by atoms with Gasteiger partial charge in [0, 0.05) is 17.7 Å². The lowest BCUT2D eigenvalue weighted by Crippen LogP contribution is -2.02.